The summed E-state index contributed by atoms with van der Waals surface area (Å²) in [6.07, 6.45) is 5.86. The Labute approximate surface area is 165 Å². The highest BCUT2D eigenvalue weighted by molar-refractivity contribution is 7.12. The maximum Gasteiger partial charge on any atom is 0.328 e. The predicted octanol–water partition coefficient (Wildman–Crippen LogP) is 3.24. The van der Waals surface area contributed by atoms with Crippen molar-refractivity contribution in [3.8, 4) is 0 Å². The molecule has 148 valence electrons. The number of aromatic amines is 1. The van der Waals surface area contributed by atoms with Crippen LogP contribution in [0.1, 0.15) is 70.6 Å². The molecule has 0 saturated heterocycles. The van der Waals surface area contributed by atoms with E-state index in [0.717, 1.165) is 37.0 Å². The van der Waals surface area contributed by atoms with Gasteiger partial charge in [0.15, 0.2) is 0 Å². The maximum absolute atomic E-state index is 15.2. The topological polar surface area (TPSA) is 75.1 Å². The zero-order valence-corrected chi connectivity index (χ0v) is 16.5. The number of aryl methyl sites for hydroxylation is 1. The summed E-state index contributed by atoms with van der Waals surface area (Å²) >= 11 is 1.64. The van der Waals surface area contributed by atoms with E-state index in [4.69, 9.17) is 0 Å². The molecule has 3 atom stereocenters. The molecule has 5 nitrogen and oxygen atoms in total. The fourth-order valence-electron chi connectivity index (χ4n) is 4.82. The fraction of sp³-hybridized carbons (Fsp3) is 0.524. The molecular formula is C21H23FN2O3S. The van der Waals surface area contributed by atoms with Gasteiger partial charge in [-0.2, -0.15) is 0 Å². The molecule has 0 aliphatic heterocycles. The summed E-state index contributed by atoms with van der Waals surface area (Å²) in [5.41, 5.74) is 1.27. The van der Waals surface area contributed by atoms with E-state index in [0.29, 0.717) is 5.69 Å². The van der Waals surface area contributed by atoms with E-state index in [2.05, 4.69) is 11.1 Å². The summed E-state index contributed by atoms with van der Waals surface area (Å²) in [4.78, 5) is 29.4. The van der Waals surface area contributed by atoms with Crippen molar-refractivity contribution in [2.75, 3.05) is 6.61 Å². The number of nitrogens with zero attached hydrogens (tertiary/aromatic N) is 1. The van der Waals surface area contributed by atoms with E-state index in [1.54, 1.807) is 15.9 Å². The molecule has 0 radical (unpaired) electrons. The van der Waals surface area contributed by atoms with E-state index >= 15 is 4.39 Å². The largest absolute Gasteiger partial charge is 0.396 e. The molecule has 0 bridgehead atoms. The molecule has 7 heteroatoms. The lowest BCUT2D eigenvalue weighted by Gasteiger charge is -2.29. The second-order valence-electron chi connectivity index (χ2n) is 8.34. The number of fused-ring (bicyclic) bond motifs is 2. The van der Waals surface area contributed by atoms with Gasteiger partial charge in [-0.1, -0.05) is 6.92 Å². The average Bonchev–Trinajstić information content (AvgIpc) is 3.41. The van der Waals surface area contributed by atoms with E-state index in [9.17, 15) is 14.7 Å². The summed E-state index contributed by atoms with van der Waals surface area (Å²) < 4.78 is 16.9. The summed E-state index contributed by atoms with van der Waals surface area (Å²) in [6, 6.07) is 2.19. The third-order valence-corrected chi connectivity index (χ3v) is 7.73. The third-order valence-electron chi connectivity index (χ3n) is 6.41. The van der Waals surface area contributed by atoms with Crippen molar-refractivity contribution >= 4 is 17.4 Å². The average molecular weight is 402 g/mol. The number of allylic oxidation sites excluding steroid dienone is 1. The number of rotatable bonds is 3. The molecule has 3 aliphatic rings. The van der Waals surface area contributed by atoms with E-state index in [-0.39, 0.29) is 41.6 Å². The van der Waals surface area contributed by atoms with Crippen LogP contribution in [0.2, 0.25) is 0 Å². The third kappa shape index (κ3) is 2.75. The Morgan fingerprint density at radius 1 is 1.32 bits per heavy atom. The van der Waals surface area contributed by atoms with Crippen LogP contribution in [0.3, 0.4) is 0 Å². The molecule has 1 saturated carbocycles. The van der Waals surface area contributed by atoms with Crippen LogP contribution < -0.4 is 11.2 Å². The van der Waals surface area contributed by atoms with Crippen molar-refractivity contribution in [2.24, 2.45) is 5.92 Å². The lowest BCUT2D eigenvalue weighted by molar-refractivity contribution is 0.214. The van der Waals surface area contributed by atoms with Crippen LogP contribution in [-0.4, -0.2) is 21.3 Å². The first-order valence-electron chi connectivity index (χ1n) is 9.96. The summed E-state index contributed by atoms with van der Waals surface area (Å²) in [5.74, 6) is -0.798. The van der Waals surface area contributed by atoms with Gasteiger partial charge in [-0.3, -0.25) is 14.3 Å². The quantitative estimate of drug-likeness (QED) is 0.828. The predicted molar refractivity (Wildman–Crippen MR) is 107 cm³/mol. The monoisotopic (exact) mass is 402 g/mol. The van der Waals surface area contributed by atoms with Crippen LogP contribution in [0, 0.1) is 5.92 Å². The Morgan fingerprint density at radius 2 is 2.11 bits per heavy atom. The number of aliphatic hydroxyl groups is 1. The molecule has 3 aliphatic carbocycles. The number of hydrogen-bond donors (Lipinski definition) is 2. The molecule has 2 aromatic rings. The lowest BCUT2D eigenvalue weighted by atomic mass is 9.81. The van der Waals surface area contributed by atoms with Crippen LogP contribution in [0.15, 0.2) is 21.5 Å². The zero-order chi connectivity index (χ0) is 19.6. The van der Waals surface area contributed by atoms with Crippen LogP contribution in [0.5, 0.6) is 0 Å². The standard InChI is InChI=1S/C21H23FN2O3S/c1-10-18(17-7-12-6-11(9-25)2-5-16(12)28-17)15(22)8-14-19(10)24(13-3-4-13)21(27)23-20(14)26/h7-8,10-11,13,18,25H,2-6,9H2,1H3,(H,23,26,27). The van der Waals surface area contributed by atoms with Crippen LogP contribution in [-0.2, 0) is 12.8 Å². The van der Waals surface area contributed by atoms with Crippen LogP contribution in [0.25, 0.3) is 6.08 Å². The van der Waals surface area contributed by atoms with Crippen molar-refractivity contribution in [1.82, 2.24) is 9.55 Å². The van der Waals surface area contributed by atoms with Gasteiger partial charge >= 0.3 is 5.69 Å². The molecule has 2 aromatic heterocycles. The van der Waals surface area contributed by atoms with Crippen molar-refractivity contribution in [1.29, 1.82) is 0 Å². The molecule has 2 heterocycles. The molecule has 1 fully saturated rings. The number of thiophene rings is 1. The number of H-pyrrole nitrogens is 1. The minimum Gasteiger partial charge on any atom is -0.396 e. The van der Waals surface area contributed by atoms with Gasteiger partial charge in [0.1, 0.15) is 5.83 Å². The highest BCUT2D eigenvalue weighted by Crippen LogP contribution is 2.49. The number of aliphatic hydroxyl groups excluding tert-OH is 1. The Hall–Kier alpha value is -1.99. The Kier molecular flexibility index (Phi) is 4.21. The number of aromatic nitrogens is 2. The van der Waals surface area contributed by atoms with Gasteiger partial charge in [0.25, 0.3) is 5.56 Å². The number of nitrogens with one attached hydrogen (secondary N) is 1. The molecule has 28 heavy (non-hydrogen) atoms. The van der Waals surface area contributed by atoms with Gasteiger partial charge < -0.3 is 5.11 Å². The molecule has 3 unspecified atom stereocenters. The SMILES string of the molecule is CC1c2c(c(=O)[nH]c(=O)n2C2CC2)C=C(F)C1c1cc2c(s1)CCC(CO)C2. The highest BCUT2D eigenvalue weighted by atomic mass is 32.1. The van der Waals surface area contributed by atoms with E-state index in [1.165, 1.54) is 16.5 Å². The van der Waals surface area contributed by atoms with E-state index < -0.39 is 11.5 Å². The summed E-state index contributed by atoms with van der Waals surface area (Å²) in [7, 11) is 0. The first-order valence-corrected chi connectivity index (χ1v) is 10.8. The number of halogens is 1. The molecule has 0 spiro atoms. The van der Waals surface area contributed by atoms with Crippen molar-refractivity contribution in [2.45, 2.75) is 56.9 Å². The molecular weight excluding hydrogens is 379 g/mol. The van der Waals surface area contributed by atoms with Gasteiger partial charge in [-0.25, -0.2) is 9.18 Å². The zero-order valence-electron chi connectivity index (χ0n) is 15.7. The molecule has 5 rings (SSSR count). The highest BCUT2D eigenvalue weighted by Gasteiger charge is 2.39. The second-order valence-corrected chi connectivity index (χ2v) is 9.51. The molecule has 0 aromatic carbocycles. The Bertz CT molecular complexity index is 1090. The maximum atomic E-state index is 15.2. The van der Waals surface area contributed by atoms with Gasteiger partial charge in [-0.15, -0.1) is 11.3 Å². The molecule has 0 amide bonds. The minimum absolute atomic E-state index is 0.109. The summed E-state index contributed by atoms with van der Waals surface area (Å²) in [5, 5.41) is 9.48. The second kappa shape index (κ2) is 6.52. The Balaban J connectivity index is 1.61. The van der Waals surface area contributed by atoms with Gasteiger partial charge in [-0.05, 0) is 55.7 Å². The first-order chi connectivity index (χ1) is 13.5. The van der Waals surface area contributed by atoms with E-state index in [1.807, 2.05) is 6.92 Å². The fourth-order valence-corrected chi connectivity index (χ4v) is 6.24. The van der Waals surface area contributed by atoms with Crippen LogP contribution in [0.4, 0.5) is 4.39 Å². The van der Waals surface area contributed by atoms with Gasteiger partial charge in [0.05, 0.1) is 11.5 Å². The van der Waals surface area contributed by atoms with Gasteiger partial charge in [0, 0.05) is 34.0 Å². The number of hydrogen-bond acceptors (Lipinski definition) is 4. The Morgan fingerprint density at radius 3 is 2.82 bits per heavy atom. The summed E-state index contributed by atoms with van der Waals surface area (Å²) in [6.45, 7) is 2.10. The normalized spacial score (nSPS) is 26.5. The van der Waals surface area contributed by atoms with Crippen LogP contribution >= 0.6 is 11.3 Å². The lowest BCUT2D eigenvalue weighted by Crippen LogP contribution is -2.37. The molecule has 2 N–H and O–H groups in total. The van der Waals surface area contributed by atoms with Crippen molar-refractivity contribution < 1.29 is 9.50 Å². The van der Waals surface area contributed by atoms with Crippen molar-refractivity contribution in [3.63, 3.8) is 0 Å². The van der Waals surface area contributed by atoms with Crippen molar-refractivity contribution in [3.05, 3.63) is 59.3 Å². The first kappa shape index (κ1) is 18.1. The smallest absolute Gasteiger partial charge is 0.328 e. The van der Waals surface area contributed by atoms with Gasteiger partial charge in [0.2, 0.25) is 0 Å². The minimum atomic E-state index is -0.506.